The van der Waals surface area contributed by atoms with Gasteiger partial charge in [-0.3, -0.25) is 4.79 Å². The molecule has 1 heterocycles. The Labute approximate surface area is 120 Å². The topological polar surface area (TPSA) is 29.1 Å². The summed E-state index contributed by atoms with van der Waals surface area (Å²) in [7, 11) is 0. The number of unbranched alkanes of at least 4 members (excludes halogenated alkanes) is 2. The fourth-order valence-corrected chi connectivity index (χ4v) is 2.81. The lowest BCUT2D eigenvalue weighted by Crippen LogP contribution is -2.26. The van der Waals surface area contributed by atoms with Crippen LogP contribution in [-0.2, 0) is 10.2 Å². The lowest BCUT2D eigenvalue weighted by molar-refractivity contribution is -0.119. The lowest BCUT2D eigenvalue weighted by atomic mass is 9.85. The molecule has 0 aliphatic carbocycles. The Balaban J connectivity index is 2.18. The summed E-state index contributed by atoms with van der Waals surface area (Å²) in [6, 6.07) is 6.10. The quantitative estimate of drug-likeness (QED) is 0.610. The minimum Gasteiger partial charge on any atom is -0.325 e. The van der Waals surface area contributed by atoms with Crippen LogP contribution in [0.5, 0.6) is 0 Å². The zero-order valence-electron chi connectivity index (χ0n) is 11.9. The first kappa shape index (κ1) is 14.4. The average Bonchev–Trinajstić information content (AvgIpc) is 2.60. The van der Waals surface area contributed by atoms with Gasteiger partial charge in [-0.25, -0.2) is 0 Å². The van der Waals surface area contributed by atoms with Gasteiger partial charge in [0.1, 0.15) is 0 Å². The molecule has 1 aromatic rings. The number of fused-ring (bicyclic) bond motifs is 1. The lowest BCUT2D eigenvalue weighted by Gasteiger charge is -2.17. The minimum absolute atomic E-state index is 0.0448. The molecule has 1 aromatic carbocycles. The highest BCUT2D eigenvalue weighted by atomic mass is 35.5. The van der Waals surface area contributed by atoms with E-state index in [1.165, 1.54) is 12.8 Å². The molecule has 1 unspecified atom stereocenters. The van der Waals surface area contributed by atoms with Crippen LogP contribution in [-0.4, -0.2) is 5.91 Å². The van der Waals surface area contributed by atoms with E-state index < -0.39 is 5.41 Å². The van der Waals surface area contributed by atoms with Crippen LogP contribution in [0, 0.1) is 0 Å². The molecular weight excluding hydrogens is 258 g/mol. The Morgan fingerprint density at radius 2 is 2.05 bits per heavy atom. The van der Waals surface area contributed by atoms with Crippen molar-refractivity contribution < 1.29 is 4.79 Å². The van der Waals surface area contributed by atoms with Crippen molar-refractivity contribution in [3.05, 3.63) is 29.3 Å². The first-order valence-electron chi connectivity index (χ1n) is 7.06. The molecule has 19 heavy (non-hydrogen) atoms. The number of carbonyl (C=O) groups is 1. The third-order valence-corrected chi connectivity index (χ3v) is 4.43. The second-order valence-corrected chi connectivity index (χ2v) is 6.37. The number of amides is 1. The van der Waals surface area contributed by atoms with E-state index in [1.54, 1.807) is 0 Å². The Hall–Kier alpha value is -1.02. The molecule has 3 heteroatoms. The van der Waals surface area contributed by atoms with Crippen molar-refractivity contribution in [1.82, 2.24) is 0 Å². The molecule has 104 valence electrons. The zero-order chi connectivity index (χ0) is 14.0. The van der Waals surface area contributed by atoms with Crippen LogP contribution in [0.15, 0.2) is 18.2 Å². The zero-order valence-corrected chi connectivity index (χ0v) is 12.7. The van der Waals surface area contributed by atoms with E-state index in [0.29, 0.717) is 0 Å². The molecule has 1 aliphatic heterocycles. The van der Waals surface area contributed by atoms with Crippen molar-refractivity contribution in [3.8, 4) is 0 Å². The molecule has 1 amide bonds. The van der Waals surface area contributed by atoms with E-state index in [-0.39, 0.29) is 11.3 Å². The normalized spacial score (nSPS) is 18.0. The molecule has 1 N–H and O–H groups in total. The molecule has 0 fully saturated rings. The molecule has 0 saturated heterocycles. The first-order chi connectivity index (χ1) is 8.96. The molecule has 1 atom stereocenters. The van der Waals surface area contributed by atoms with Crippen LogP contribution >= 0.6 is 11.6 Å². The van der Waals surface area contributed by atoms with Gasteiger partial charge in [0.15, 0.2) is 0 Å². The van der Waals surface area contributed by atoms with Crippen molar-refractivity contribution in [2.24, 2.45) is 0 Å². The average molecular weight is 280 g/mol. The molecule has 0 saturated carbocycles. The largest absolute Gasteiger partial charge is 0.325 e. The van der Waals surface area contributed by atoms with E-state index in [1.807, 2.05) is 26.0 Å². The molecule has 2 nitrogen and oxygen atoms in total. The summed E-state index contributed by atoms with van der Waals surface area (Å²) in [6.07, 6.45) is 4.58. The van der Waals surface area contributed by atoms with Gasteiger partial charge in [0.05, 0.1) is 10.8 Å². The van der Waals surface area contributed by atoms with Crippen LogP contribution in [0.1, 0.15) is 63.0 Å². The van der Waals surface area contributed by atoms with Gasteiger partial charge in [-0.1, -0.05) is 38.3 Å². The van der Waals surface area contributed by atoms with Gasteiger partial charge in [0.2, 0.25) is 5.91 Å². The van der Waals surface area contributed by atoms with Crippen LogP contribution < -0.4 is 5.32 Å². The van der Waals surface area contributed by atoms with Crippen molar-refractivity contribution in [3.63, 3.8) is 0 Å². The summed E-state index contributed by atoms with van der Waals surface area (Å²) in [6.45, 7) is 6.11. The van der Waals surface area contributed by atoms with Gasteiger partial charge in [0.25, 0.3) is 0 Å². The maximum absolute atomic E-state index is 11.9. The number of alkyl halides is 1. The SMILES string of the molecule is CCCCCC(Cl)c1ccc2c(c1)C(C)(C)C(=O)N2. The molecule has 1 aliphatic rings. The summed E-state index contributed by atoms with van der Waals surface area (Å²) in [5.41, 5.74) is 2.67. The molecule has 0 bridgehead atoms. The second kappa shape index (κ2) is 5.54. The van der Waals surface area contributed by atoms with Gasteiger partial charge >= 0.3 is 0 Å². The van der Waals surface area contributed by atoms with Gasteiger partial charge < -0.3 is 5.32 Å². The second-order valence-electron chi connectivity index (χ2n) is 5.85. The van der Waals surface area contributed by atoms with E-state index >= 15 is 0 Å². The van der Waals surface area contributed by atoms with Gasteiger partial charge in [0, 0.05) is 5.69 Å². The number of rotatable bonds is 5. The predicted molar refractivity (Wildman–Crippen MR) is 80.8 cm³/mol. The number of hydrogen-bond donors (Lipinski definition) is 1. The summed E-state index contributed by atoms with van der Waals surface area (Å²) in [4.78, 5) is 11.9. The van der Waals surface area contributed by atoms with E-state index in [4.69, 9.17) is 11.6 Å². The number of hydrogen-bond acceptors (Lipinski definition) is 1. The Bertz CT molecular complexity index is 482. The highest BCUT2D eigenvalue weighted by Crippen LogP contribution is 2.40. The molecule has 0 spiro atoms. The summed E-state index contributed by atoms with van der Waals surface area (Å²) >= 11 is 6.47. The van der Waals surface area contributed by atoms with Crippen LogP contribution in [0.25, 0.3) is 0 Å². The first-order valence-corrected chi connectivity index (χ1v) is 7.50. The van der Waals surface area contributed by atoms with Crippen molar-refractivity contribution >= 4 is 23.2 Å². The van der Waals surface area contributed by atoms with Crippen LogP contribution in [0.2, 0.25) is 0 Å². The Morgan fingerprint density at radius 3 is 2.74 bits per heavy atom. The third kappa shape index (κ3) is 2.79. The Kier molecular flexibility index (Phi) is 4.19. The monoisotopic (exact) mass is 279 g/mol. The van der Waals surface area contributed by atoms with Crippen molar-refractivity contribution in [1.29, 1.82) is 0 Å². The molecular formula is C16H22ClNO. The molecule has 0 aromatic heterocycles. The van der Waals surface area contributed by atoms with Crippen LogP contribution in [0.4, 0.5) is 5.69 Å². The van der Waals surface area contributed by atoms with Crippen LogP contribution in [0.3, 0.4) is 0 Å². The fraction of sp³-hybridized carbons (Fsp3) is 0.562. The smallest absolute Gasteiger partial charge is 0.234 e. The van der Waals surface area contributed by atoms with Gasteiger partial charge in [-0.2, -0.15) is 0 Å². The highest BCUT2D eigenvalue weighted by molar-refractivity contribution is 6.20. The Morgan fingerprint density at radius 1 is 1.32 bits per heavy atom. The van der Waals surface area contributed by atoms with Crippen molar-refractivity contribution in [2.45, 2.75) is 57.2 Å². The maximum Gasteiger partial charge on any atom is 0.234 e. The number of carbonyl (C=O) groups excluding carboxylic acids is 1. The van der Waals surface area contributed by atoms with E-state index in [0.717, 1.165) is 29.7 Å². The molecule has 2 rings (SSSR count). The number of halogens is 1. The van der Waals surface area contributed by atoms with Gasteiger partial charge in [-0.15, -0.1) is 11.6 Å². The minimum atomic E-state index is -0.453. The number of benzene rings is 1. The number of nitrogens with one attached hydrogen (secondary N) is 1. The highest BCUT2D eigenvalue weighted by Gasteiger charge is 2.38. The number of anilines is 1. The predicted octanol–water partition coefficient (Wildman–Crippen LogP) is 4.78. The summed E-state index contributed by atoms with van der Waals surface area (Å²) in [5.74, 6) is 0.0664. The van der Waals surface area contributed by atoms with Gasteiger partial charge in [-0.05, 0) is 37.5 Å². The van der Waals surface area contributed by atoms with E-state index in [9.17, 15) is 4.79 Å². The maximum atomic E-state index is 11.9. The standard InChI is InChI=1S/C16H22ClNO/c1-4-5-6-7-13(17)11-8-9-14-12(10-11)16(2,3)15(19)18-14/h8-10,13H,4-7H2,1-3H3,(H,18,19). The summed E-state index contributed by atoms with van der Waals surface area (Å²) in [5, 5.41) is 2.97. The fourth-order valence-electron chi connectivity index (χ4n) is 2.52. The summed E-state index contributed by atoms with van der Waals surface area (Å²) < 4.78 is 0. The molecule has 0 radical (unpaired) electrons. The van der Waals surface area contributed by atoms with E-state index in [2.05, 4.69) is 18.3 Å². The third-order valence-electron chi connectivity index (χ3n) is 3.96. The van der Waals surface area contributed by atoms with Crippen molar-refractivity contribution in [2.75, 3.05) is 5.32 Å².